The van der Waals surface area contributed by atoms with E-state index >= 15 is 0 Å². The second-order valence-corrected chi connectivity index (χ2v) is 4.26. The number of carboxylic acids is 2. The van der Waals surface area contributed by atoms with Crippen LogP contribution in [0.2, 0.25) is 0 Å². The zero-order valence-corrected chi connectivity index (χ0v) is 11.9. The zero-order chi connectivity index (χ0) is 15.4. The third kappa shape index (κ3) is 2.96. The molecule has 0 amide bonds. The molecule has 0 heterocycles. The lowest BCUT2D eigenvalue weighted by molar-refractivity contribution is -0.259. The standard InChI is InChI=1S/C14H12O4.C2H6/c1-7-3-9-5-11(13(15)16)12(14(17)18)6-10(9)4-8(7)2;1-2/h3-6H,1-2H3,(H,15,16)(H,17,18);1-2H3/p-2. The summed E-state index contributed by atoms with van der Waals surface area (Å²) < 4.78 is 0. The highest BCUT2D eigenvalue weighted by Crippen LogP contribution is 2.23. The van der Waals surface area contributed by atoms with Gasteiger partial charge in [-0.15, -0.1) is 0 Å². The van der Waals surface area contributed by atoms with Gasteiger partial charge in [0.25, 0.3) is 0 Å². The molecular weight excluding hydrogens is 256 g/mol. The fourth-order valence-corrected chi connectivity index (χ4v) is 1.92. The van der Waals surface area contributed by atoms with Crippen molar-refractivity contribution in [3.05, 3.63) is 46.5 Å². The molecule has 0 radical (unpaired) electrons. The molecular formula is C16H16O4-2. The Hall–Kier alpha value is -2.36. The number of benzene rings is 2. The van der Waals surface area contributed by atoms with E-state index in [1.807, 2.05) is 39.8 Å². The molecule has 2 aromatic carbocycles. The summed E-state index contributed by atoms with van der Waals surface area (Å²) in [6.07, 6.45) is 0. The van der Waals surface area contributed by atoms with E-state index in [9.17, 15) is 19.8 Å². The third-order valence-corrected chi connectivity index (χ3v) is 3.03. The van der Waals surface area contributed by atoms with Crippen LogP contribution in [-0.2, 0) is 0 Å². The average molecular weight is 272 g/mol. The monoisotopic (exact) mass is 272 g/mol. The van der Waals surface area contributed by atoms with Gasteiger partial charge in [-0.3, -0.25) is 0 Å². The molecule has 0 atom stereocenters. The number of carbonyl (C=O) groups is 2. The molecule has 4 nitrogen and oxygen atoms in total. The number of hydrogen-bond acceptors (Lipinski definition) is 4. The van der Waals surface area contributed by atoms with Crippen LogP contribution in [0, 0.1) is 13.8 Å². The highest BCUT2D eigenvalue weighted by atomic mass is 16.4. The van der Waals surface area contributed by atoms with Crippen LogP contribution in [-0.4, -0.2) is 11.9 Å². The van der Waals surface area contributed by atoms with Crippen LogP contribution in [0.5, 0.6) is 0 Å². The van der Waals surface area contributed by atoms with Gasteiger partial charge >= 0.3 is 0 Å². The fraction of sp³-hybridized carbons (Fsp3) is 0.250. The van der Waals surface area contributed by atoms with Crippen molar-refractivity contribution in [2.45, 2.75) is 27.7 Å². The minimum atomic E-state index is -1.52. The molecule has 106 valence electrons. The predicted octanol–water partition coefficient (Wildman–Crippen LogP) is 1.21. The highest BCUT2D eigenvalue weighted by Gasteiger charge is 2.08. The molecule has 2 aromatic rings. The van der Waals surface area contributed by atoms with E-state index in [1.165, 1.54) is 12.1 Å². The third-order valence-electron chi connectivity index (χ3n) is 3.03. The number of fused-ring (bicyclic) bond motifs is 1. The van der Waals surface area contributed by atoms with Gasteiger partial charge in [0.15, 0.2) is 0 Å². The van der Waals surface area contributed by atoms with Crippen molar-refractivity contribution in [2.24, 2.45) is 0 Å². The maximum Gasteiger partial charge on any atom is 0.0722 e. The molecule has 0 saturated carbocycles. The van der Waals surface area contributed by atoms with E-state index in [-0.39, 0.29) is 11.1 Å². The van der Waals surface area contributed by atoms with Crippen molar-refractivity contribution in [2.75, 3.05) is 0 Å². The van der Waals surface area contributed by atoms with Gasteiger partial charge < -0.3 is 19.8 Å². The Kier molecular flexibility index (Phi) is 4.86. The second kappa shape index (κ2) is 6.19. The van der Waals surface area contributed by atoms with Crippen LogP contribution < -0.4 is 10.2 Å². The van der Waals surface area contributed by atoms with E-state index in [0.717, 1.165) is 11.1 Å². The summed E-state index contributed by atoms with van der Waals surface area (Å²) in [5.41, 5.74) is 1.30. The lowest BCUT2D eigenvalue weighted by Gasteiger charge is -2.14. The quantitative estimate of drug-likeness (QED) is 0.823. The fourth-order valence-electron chi connectivity index (χ4n) is 1.92. The van der Waals surface area contributed by atoms with Gasteiger partial charge in [0.1, 0.15) is 0 Å². The smallest absolute Gasteiger partial charge is 0.0722 e. The highest BCUT2D eigenvalue weighted by molar-refractivity contribution is 6.05. The largest absolute Gasteiger partial charge is 0.545 e. The first-order chi connectivity index (χ1) is 9.40. The summed E-state index contributed by atoms with van der Waals surface area (Å²) in [7, 11) is 0. The van der Waals surface area contributed by atoms with Gasteiger partial charge in [0.05, 0.1) is 11.9 Å². The van der Waals surface area contributed by atoms with Crippen LogP contribution in [0.15, 0.2) is 24.3 Å². The number of aromatic carboxylic acids is 2. The van der Waals surface area contributed by atoms with Crippen molar-refractivity contribution in [1.29, 1.82) is 0 Å². The van der Waals surface area contributed by atoms with Crippen LogP contribution in [0.25, 0.3) is 10.8 Å². The van der Waals surface area contributed by atoms with Crippen LogP contribution in [0.3, 0.4) is 0 Å². The Morgan fingerprint density at radius 3 is 1.30 bits per heavy atom. The van der Waals surface area contributed by atoms with Crippen LogP contribution in [0.1, 0.15) is 45.7 Å². The zero-order valence-electron chi connectivity index (χ0n) is 11.9. The topological polar surface area (TPSA) is 80.3 Å². The van der Waals surface area contributed by atoms with Crippen molar-refractivity contribution in [1.82, 2.24) is 0 Å². The molecule has 0 aliphatic carbocycles. The summed E-state index contributed by atoms with van der Waals surface area (Å²) in [6, 6.07) is 6.25. The van der Waals surface area contributed by atoms with Gasteiger partial charge in [-0.05, 0) is 47.9 Å². The first kappa shape index (κ1) is 15.7. The molecule has 0 N–H and O–H groups in total. The molecule has 0 aliphatic rings. The lowest BCUT2D eigenvalue weighted by Crippen LogP contribution is -2.30. The summed E-state index contributed by atoms with van der Waals surface area (Å²) in [6.45, 7) is 7.81. The first-order valence-corrected chi connectivity index (χ1v) is 6.38. The van der Waals surface area contributed by atoms with Gasteiger partial charge in [0.2, 0.25) is 0 Å². The molecule has 0 unspecified atom stereocenters. The van der Waals surface area contributed by atoms with Crippen LogP contribution in [0.4, 0.5) is 0 Å². The number of hydrogen-bond donors (Lipinski definition) is 0. The molecule has 0 saturated heterocycles. The minimum absolute atomic E-state index is 0.356. The van der Waals surface area contributed by atoms with E-state index in [0.29, 0.717) is 10.8 Å². The Morgan fingerprint density at radius 2 is 1.05 bits per heavy atom. The number of rotatable bonds is 2. The number of aryl methyl sites for hydroxylation is 2. The van der Waals surface area contributed by atoms with Crippen LogP contribution >= 0.6 is 0 Å². The summed E-state index contributed by atoms with van der Waals surface area (Å²) in [4.78, 5) is 21.8. The van der Waals surface area contributed by atoms with Crippen molar-refractivity contribution < 1.29 is 19.8 Å². The Labute approximate surface area is 117 Å². The molecule has 0 bridgehead atoms. The number of carbonyl (C=O) groups excluding carboxylic acids is 2. The summed E-state index contributed by atoms with van der Waals surface area (Å²) in [5.74, 6) is -3.04. The number of carboxylic acid groups (broad SMARTS) is 2. The normalized spacial score (nSPS) is 9.80. The molecule has 0 spiro atoms. The molecule has 0 fully saturated rings. The van der Waals surface area contributed by atoms with Crippen molar-refractivity contribution in [3.8, 4) is 0 Å². The van der Waals surface area contributed by atoms with E-state index in [2.05, 4.69) is 0 Å². The molecule has 0 aromatic heterocycles. The van der Waals surface area contributed by atoms with E-state index in [1.54, 1.807) is 0 Å². The SMILES string of the molecule is CC.Cc1cc2cc(C(=O)[O-])c(C(=O)[O-])cc2cc1C. The van der Waals surface area contributed by atoms with E-state index < -0.39 is 11.9 Å². The molecule has 2 rings (SSSR count). The lowest BCUT2D eigenvalue weighted by atomic mass is 9.97. The van der Waals surface area contributed by atoms with Gasteiger partial charge in [-0.2, -0.15) is 0 Å². The van der Waals surface area contributed by atoms with Crippen molar-refractivity contribution in [3.63, 3.8) is 0 Å². The van der Waals surface area contributed by atoms with Crippen molar-refractivity contribution >= 4 is 22.7 Å². The minimum Gasteiger partial charge on any atom is -0.545 e. The summed E-state index contributed by atoms with van der Waals surface area (Å²) >= 11 is 0. The van der Waals surface area contributed by atoms with Gasteiger partial charge in [0, 0.05) is 11.1 Å². The summed E-state index contributed by atoms with van der Waals surface area (Å²) in [5, 5.41) is 23.2. The predicted molar refractivity (Wildman–Crippen MR) is 73.4 cm³/mol. The molecule has 4 heteroatoms. The Bertz CT molecular complexity index is 613. The van der Waals surface area contributed by atoms with Gasteiger partial charge in [-0.25, -0.2) is 0 Å². The van der Waals surface area contributed by atoms with Gasteiger partial charge in [-0.1, -0.05) is 26.0 Å². The maximum absolute atomic E-state index is 10.9. The van der Waals surface area contributed by atoms with E-state index in [4.69, 9.17) is 0 Å². The first-order valence-electron chi connectivity index (χ1n) is 6.38. The molecule has 20 heavy (non-hydrogen) atoms. The Morgan fingerprint density at radius 1 is 0.750 bits per heavy atom. The maximum atomic E-state index is 10.9. The second-order valence-electron chi connectivity index (χ2n) is 4.26. The Balaban J connectivity index is 0.000000956. The molecule has 0 aliphatic heterocycles. The average Bonchev–Trinajstić information content (AvgIpc) is 2.40.